The summed E-state index contributed by atoms with van der Waals surface area (Å²) in [6.07, 6.45) is -3.61. The quantitative estimate of drug-likeness (QED) is 0.0146. The number of hydrogen-bond acceptors (Lipinski definition) is 30. The highest BCUT2D eigenvalue weighted by atomic mass is 32.2. The third kappa shape index (κ3) is 33.5. The molecule has 2 saturated heterocycles. The number of aromatic nitrogens is 3. The number of aryl methyl sites for hydroxylation is 3. The number of aliphatic hydroxyl groups excluding tert-OH is 2. The molecule has 4 aromatic rings. The molecule has 2 aromatic carbocycles. The molecular formula is C69H104N14O30S3. The van der Waals surface area contributed by atoms with Gasteiger partial charge in [-0.3, -0.25) is 76.7 Å². The third-order valence-corrected chi connectivity index (χ3v) is 21.9. The molecule has 3 unspecified atom stereocenters. The van der Waals surface area contributed by atoms with Gasteiger partial charge in [0, 0.05) is 142 Å². The van der Waals surface area contributed by atoms with Gasteiger partial charge in [-0.1, -0.05) is 6.07 Å². The van der Waals surface area contributed by atoms with Crippen LogP contribution in [-0.4, -0.2) is 358 Å². The average Bonchev–Trinajstić information content (AvgIpc) is 0.800. The number of nitrogens with one attached hydrogen (secondary N) is 8. The van der Waals surface area contributed by atoms with Gasteiger partial charge < -0.3 is 101 Å². The number of benzene rings is 2. The summed E-state index contributed by atoms with van der Waals surface area (Å²) >= 11 is 0. The molecule has 4 heterocycles. The van der Waals surface area contributed by atoms with E-state index in [1.54, 1.807) is 61.8 Å². The number of carboxylic acid groups (broad SMARTS) is 4. The molecule has 7 atom stereocenters. The summed E-state index contributed by atoms with van der Waals surface area (Å²) in [7, 11) is -13.0. The first-order chi connectivity index (χ1) is 54.9. The van der Waals surface area contributed by atoms with Crippen LogP contribution in [0.4, 0.5) is 5.95 Å². The number of anilines is 1. The van der Waals surface area contributed by atoms with Gasteiger partial charge in [0.1, 0.15) is 52.7 Å². The molecule has 2 aromatic heterocycles. The monoisotopic (exact) mass is 1700 g/mol. The molecule has 0 aliphatic carbocycles. The minimum atomic E-state index is -5.27. The Labute approximate surface area is 668 Å². The van der Waals surface area contributed by atoms with E-state index < -0.39 is 170 Å². The number of H-pyrrole nitrogens is 1. The van der Waals surface area contributed by atoms with Crippen LogP contribution in [0.15, 0.2) is 58.6 Å². The summed E-state index contributed by atoms with van der Waals surface area (Å²) < 4.78 is 130. The number of aliphatic hydroxyl groups is 2. The Bertz CT molecular complexity index is 4320. The maximum absolute atomic E-state index is 13.9. The number of rotatable bonds is 49. The third-order valence-electron chi connectivity index (χ3n) is 18.1. The Morgan fingerprint density at radius 3 is 1.72 bits per heavy atom. The highest BCUT2D eigenvalue weighted by Crippen LogP contribution is 2.29. The summed E-state index contributed by atoms with van der Waals surface area (Å²) in [4.78, 5) is 141. The number of carbonyl (C=O) groups is 9. The van der Waals surface area contributed by atoms with Crippen LogP contribution < -0.4 is 46.8 Å². The molecule has 5 amide bonds. The Kier molecular flexibility index (Phi) is 39.2. The van der Waals surface area contributed by atoms with Crippen molar-refractivity contribution in [3.63, 3.8) is 0 Å². The van der Waals surface area contributed by atoms with Crippen molar-refractivity contribution in [1.82, 2.24) is 65.4 Å². The first-order valence-electron chi connectivity index (χ1n) is 36.9. The molecule has 2 fully saturated rings. The van der Waals surface area contributed by atoms with Gasteiger partial charge in [-0.05, 0) is 80.5 Å². The fourth-order valence-electron chi connectivity index (χ4n) is 12.4. The molecule has 0 bridgehead atoms. The van der Waals surface area contributed by atoms with Crippen molar-refractivity contribution in [2.24, 2.45) is 7.05 Å². The smallest absolute Gasteiger partial charge is 0.323 e. The SMILES string of the molecule is Cc1cc(OCCCC(=O)NCCCOCCOCCOCCCNC(=O)C(CCC(=O)NCCOC2O[C@H](CS(=O)(=O)O)[C@H](O)[C@H](S(=O)(=O)O)[C@H]2O)NC(=O)CN2CCN(CC(=O)O)CCN(CC(=O)O)CCN(CC(=O)O)CC2)cc(C)c1S(=O)(=O)NC(CNC(=O)c1cn(C)c2cc(CNc3ncc[nH]3)ccc2c1=O)C(=O)O. The second kappa shape index (κ2) is 47.4. The number of imidazole rings is 1. The van der Waals surface area contributed by atoms with E-state index in [2.05, 4.69) is 46.6 Å². The lowest BCUT2D eigenvalue weighted by Crippen LogP contribution is -2.62. The number of aliphatic carboxylic acids is 4. The van der Waals surface area contributed by atoms with Gasteiger partial charge in [0.2, 0.25) is 39.1 Å². The van der Waals surface area contributed by atoms with Crippen molar-refractivity contribution in [2.75, 3.05) is 169 Å². The zero-order valence-electron chi connectivity index (χ0n) is 64.3. The van der Waals surface area contributed by atoms with Crippen molar-refractivity contribution in [1.29, 1.82) is 0 Å². The van der Waals surface area contributed by atoms with E-state index in [0.29, 0.717) is 49.8 Å². The van der Waals surface area contributed by atoms with Crippen LogP contribution in [0, 0.1) is 13.8 Å². The molecule has 6 rings (SSSR count). The Morgan fingerprint density at radius 1 is 0.638 bits per heavy atom. The lowest BCUT2D eigenvalue weighted by molar-refractivity contribution is -0.257. The van der Waals surface area contributed by atoms with Gasteiger partial charge in [0.15, 0.2) is 12.2 Å². The molecule has 0 spiro atoms. The number of nitrogens with zero attached hydrogens (tertiary/aromatic N) is 6. The van der Waals surface area contributed by atoms with E-state index >= 15 is 0 Å². The summed E-state index contributed by atoms with van der Waals surface area (Å²) in [5.41, 5.74) is 0.907. The topological polar surface area (TPSA) is 621 Å². The van der Waals surface area contributed by atoms with E-state index in [1.807, 2.05) is 0 Å². The van der Waals surface area contributed by atoms with Crippen molar-refractivity contribution in [3.8, 4) is 5.75 Å². The van der Waals surface area contributed by atoms with E-state index in [9.17, 15) is 113 Å². The second-order valence-electron chi connectivity index (χ2n) is 27.3. The molecule has 2 aliphatic rings. The predicted molar refractivity (Wildman–Crippen MR) is 409 cm³/mol. The first kappa shape index (κ1) is 95.8. The molecule has 44 nitrogen and oxygen atoms in total. The van der Waals surface area contributed by atoms with Crippen LogP contribution >= 0.6 is 0 Å². The van der Waals surface area contributed by atoms with Crippen LogP contribution in [0.5, 0.6) is 5.75 Å². The number of ether oxygens (including phenoxy) is 6. The van der Waals surface area contributed by atoms with Gasteiger partial charge in [0.05, 0.1) is 76.2 Å². The van der Waals surface area contributed by atoms with Gasteiger partial charge >= 0.3 is 23.9 Å². The molecule has 116 heavy (non-hydrogen) atoms. The Balaban J connectivity index is 0.876. The van der Waals surface area contributed by atoms with Crippen molar-refractivity contribution in [3.05, 3.63) is 81.4 Å². The molecule has 0 radical (unpaired) electrons. The zero-order valence-corrected chi connectivity index (χ0v) is 66.7. The minimum Gasteiger partial charge on any atom is -0.494 e. The van der Waals surface area contributed by atoms with E-state index in [1.165, 1.54) is 32.2 Å². The summed E-state index contributed by atoms with van der Waals surface area (Å²) in [6.45, 7) is 2.54. The number of fused-ring (bicyclic) bond motifs is 1. The zero-order chi connectivity index (χ0) is 85.3. The molecule has 648 valence electrons. The van der Waals surface area contributed by atoms with Gasteiger partial charge in [0.25, 0.3) is 26.1 Å². The van der Waals surface area contributed by atoms with E-state index in [4.69, 9.17) is 28.4 Å². The lowest BCUT2D eigenvalue weighted by atomic mass is 10.0. The number of sulfonamides is 1. The van der Waals surface area contributed by atoms with Gasteiger partial charge in [-0.25, -0.2) is 13.4 Å². The number of pyridine rings is 1. The van der Waals surface area contributed by atoms with Crippen LogP contribution in [0.2, 0.25) is 0 Å². The van der Waals surface area contributed by atoms with Crippen LogP contribution in [0.3, 0.4) is 0 Å². The van der Waals surface area contributed by atoms with Crippen molar-refractivity contribution in [2.45, 2.75) is 106 Å². The average molecular weight is 1710 g/mol. The Morgan fingerprint density at radius 2 is 1.18 bits per heavy atom. The predicted octanol–water partition coefficient (Wildman–Crippen LogP) is -4.66. The van der Waals surface area contributed by atoms with E-state index in [-0.39, 0.29) is 164 Å². The molecule has 0 saturated carbocycles. The van der Waals surface area contributed by atoms with Crippen molar-refractivity contribution < 1.29 is 137 Å². The second-order valence-corrected chi connectivity index (χ2v) is 32.0. The lowest BCUT2D eigenvalue weighted by Gasteiger charge is -2.40. The van der Waals surface area contributed by atoms with Crippen LogP contribution in [0.1, 0.15) is 65.6 Å². The number of carboxylic acids is 4. The minimum absolute atomic E-state index is 0.0299. The fourth-order valence-corrected chi connectivity index (χ4v) is 15.7. The summed E-state index contributed by atoms with van der Waals surface area (Å²) in [6, 6.07) is 4.78. The highest BCUT2D eigenvalue weighted by Gasteiger charge is 2.52. The largest absolute Gasteiger partial charge is 0.494 e. The molecular weight excluding hydrogens is 1600 g/mol. The summed E-state index contributed by atoms with van der Waals surface area (Å²) in [5, 5.41) is 73.7. The van der Waals surface area contributed by atoms with Gasteiger partial charge in [-0.2, -0.15) is 21.6 Å². The number of hydrogen-bond donors (Lipinski definition) is 16. The maximum atomic E-state index is 13.9. The fraction of sp³-hybridized carbons (Fsp3) is 0.609. The summed E-state index contributed by atoms with van der Waals surface area (Å²) in [5.74, 6) is -8.88. The number of carbonyl (C=O) groups excluding carboxylic acids is 5. The Hall–Kier alpha value is -9.02. The molecule has 2 aliphatic heterocycles. The molecule has 16 N–H and O–H groups in total. The first-order valence-corrected chi connectivity index (χ1v) is 41.5. The highest BCUT2D eigenvalue weighted by molar-refractivity contribution is 7.89. The normalized spacial score (nSPS) is 18.4. The standard InChI is InChI=1S/C69H104N14O30S3/c1-44-33-47(34-45(2)63(44)115(103,104)78-51(67(98)99)37-75-65(96)49-38-79(3)52-35-46(8-9-48(52)60(49)93)36-76-69-73-14-15-74-69)111-27-4-7-54(84)70-12-5-25-108-29-31-110-32-30-109-26-6-13-72-66(97)50(10-11-55(85)71-16-28-112-68-62(95)64(116(105,106)107)61(94)53(113-68)43-114(100,101)102)77-56(86)39-80-17-19-81(40-57(87)88)21-23-83(42-59(91)92)24-22-82(20-18-80)41-58(89)90/h8-9,14-15,33-35,38,50-51,53,61-62,64,68,78,94-95H,4-7,10-13,16-32,36-37,39-43H2,1-3H3,(H,70,84)(H,71,85)(H,72,97)(H,75,96)(H,77,86)(H,87,88)(H,89,90)(H,91,92)(H,98,99)(H2,73,74,76)(H,100,101,102)(H,105,106,107)/t50?,51?,53-,61+,62-,64+,68?/m1/s1. The maximum Gasteiger partial charge on any atom is 0.323 e. The number of amides is 5. The number of aromatic amines is 1. The molecule has 47 heteroatoms. The van der Waals surface area contributed by atoms with Gasteiger partial charge in [-0.15, -0.1) is 0 Å². The van der Waals surface area contributed by atoms with E-state index in [0.717, 1.165) is 5.56 Å². The van der Waals surface area contributed by atoms with Crippen LogP contribution in [0.25, 0.3) is 10.9 Å². The van der Waals surface area contributed by atoms with Crippen LogP contribution in [-0.2, 0) is 106 Å². The van der Waals surface area contributed by atoms with Crippen molar-refractivity contribution >= 4 is 101 Å².